The highest BCUT2D eigenvalue weighted by molar-refractivity contribution is 9.13. The lowest BCUT2D eigenvalue weighted by atomic mass is 10.2. The van der Waals surface area contributed by atoms with Crippen molar-refractivity contribution in [1.29, 1.82) is 0 Å². The van der Waals surface area contributed by atoms with E-state index in [1.807, 2.05) is 0 Å². The van der Waals surface area contributed by atoms with E-state index in [2.05, 4.69) is 43.1 Å². The highest BCUT2D eigenvalue weighted by Gasteiger charge is 2.21. The van der Waals surface area contributed by atoms with Gasteiger partial charge in [-0.2, -0.15) is 0 Å². The molecule has 1 rings (SSSR count). The molecule has 0 spiro atoms. The van der Waals surface area contributed by atoms with Gasteiger partial charge in [-0.3, -0.25) is 4.79 Å². The van der Waals surface area contributed by atoms with Gasteiger partial charge in [0.15, 0.2) is 0 Å². The van der Waals surface area contributed by atoms with Crippen LogP contribution < -0.4 is 5.32 Å². The predicted octanol–water partition coefficient (Wildman–Crippen LogP) is 2.48. The normalized spacial score (nSPS) is 11.6. The van der Waals surface area contributed by atoms with E-state index in [0.717, 1.165) is 8.26 Å². The van der Waals surface area contributed by atoms with Crippen LogP contribution >= 0.6 is 43.2 Å². The van der Waals surface area contributed by atoms with Crippen LogP contribution in [-0.2, 0) is 4.79 Å². The van der Waals surface area contributed by atoms with Gasteiger partial charge in [0.1, 0.15) is 6.04 Å². The van der Waals surface area contributed by atoms with Gasteiger partial charge in [-0.25, -0.2) is 4.79 Å². The first-order valence-electron chi connectivity index (χ1n) is 4.37. The minimum Gasteiger partial charge on any atom is -0.480 e. The van der Waals surface area contributed by atoms with Gasteiger partial charge in [0.25, 0.3) is 5.91 Å². The quantitative estimate of drug-likeness (QED) is 0.788. The second-order valence-electron chi connectivity index (χ2n) is 3.00. The summed E-state index contributed by atoms with van der Waals surface area (Å²) in [7, 11) is 0. The molecule has 1 aromatic rings. The summed E-state index contributed by atoms with van der Waals surface area (Å²) < 4.78 is 1.52. The van der Waals surface area contributed by atoms with Gasteiger partial charge in [0.05, 0.1) is 8.66 Å². The van der Waals surface area contributed by atoms with Gasteiger partial charge in [0, 0.05) is 10.9 Å². The molecular formula is C10H7Br2NO3S. The molecular weight excluding hydrogens is 374 g/mol. The van der Waals surface area contributed by atoms with E-state index in [0.29, 0.717) is 4.88 Å². The lowest BCUT2D eigenvalue weighted by Crippen LogP contribution is -2.40. The van der Waals surface area contributed by atoms with E-state index < -0.39 is 17.9 Å². The average Bonchev–Trinajstić information content (AvgIpc) is 2.58. The molecule has 0 radical (unpaired) electrons. The van der Waals surface area contributed by atoms with Crippen LogP contribution in [0.2, 0.25) is 0 Å². The Hall–Kier alpha value is -0.840. The van der Waals surface area contributed by atoms with E-state index >= 15 is 0 Å². The number of nitrogens with one attached hydrogen (secondary N) is 1. The summed E-state index contributed by atoms with van der Waals surface area (Å²) in [4.78, 5) is 22.9. The minimum atomic E-state index is -1.15. The number of halogens is 2. The van der Waals surface area contributed by atoms with Gasteiger partial charge in [-0.05, 0) is 37.9 Å². The van der Waals surface area contributed by atoms with E-state index in [-0.39, 0.29) is 6.42 Å². The number of amides is 1. The van der Waals surface area contributed by atoms with Crippen LogP contribution in [0.5, 0.6) is 0 Å². The van der Waals surface area contributed by atoms with Crippen LogP contribution in [0.4, 0.5) is 0 Å². The minimum absolute atomic E-state index is 0.0468. The predicted molar refractivity (Wildman–Crippen MR) is 72.1 cm³/mol. The number of carboxylic acids is 1. The van der Waals surface area contributed by atoms with Crippen molar-refractivity contribution in [3.8, 4) is 12.3 Å². The summed E-state index contributed by atoms with van der Waals surface area (Å²) in [6, 6.07) is 0.547. The Labute approximate surface area is 119 Å². The third-order valence-corrected chi connectivity index (χ3v) is 5.05. The van der Waals surface area contributed by atoms with Gasteiger partial charge in [-0.15, -0.1) is 23.7 Å². The highest BCUT2D eigenvalue weighted by atomic mass is 79.9. The number of terminal acetylenes is 1. The molecule has 0 fully saturated rings. The van der Waals surface area contributed by atoms with Crippen LogP contribution in [0.1, 0.15) is 16.1 Å². The topological polar surface area (TPSA) is 66.4 Å². The number of carboxylic acid groups (broad SMARTS) is 1. The Morgan fingerprint density at radius 3 is 2.65 bits per heavy atom. The molecule has 7 heteroatoms. The Morgan fingerprint density at radius 1 is 1.59 bits per heavy atom. The van der Waals surface area contributed by atoms with E-state index in [9.17, 15) is 9.59 Å². The highest BCUT2D eigenvalue weighted by Crippen LogP contribution is 2.32. The second kappa shape index (κ2) is 6.19. The molecule has 0 aromatic carbocycles. The molecule has 1 amide bonds. The molecule has 1 aromatic heterocycles. The van der Waals surface area contributed by atoms with Crippen LogP contribution in [-0.4, -0.2) is 23.0 Å². The number of rotatable bonds is 4. The molecule has 1 atom stereocenters. The third kappa shape index (κ3) is 3.84. The van der Waals surface area contributed by atoms with Crippen LogP contribution in [0, 0.1) is 12.3 Å². The summed E-state index contributed by atoms with van der Waals surface area (Å²) in [5, 5.41) is 11.2. The summed E-state index contributed by atoms with van der Waals surface area (Å²) in [6.07, 6.45) is 4.99. The van der Waals surface area contributed by atoms with E-state index in [1.54, 1.807) is 6.07 Å². The number of hydrogen-bond donors (Lipinski definition) is 2. The fraction of sp³-hybridized carbons (Fsp3) is 0.200. The molecule has 90 valence electrons. The van der Waals surface area contributed by atoms with Crippen molar-refractivity contribution in [1.82, 2.24) is 5.32 Å². The summed E-state index contributed by atoms with van der Waals surface area (Å²) in [6.45, 7) is 0. The lowest BCUT2D eigenvalue weighted by molar-refractivity contribution is -0.139. The maximum atomic E-state index is 11.7. The fourth-order valence-corrected chi connectivity index (χ4v) is 2.94. The van der Waals surface area contributed by atoms with Gasteiger partial charge >= 0.3 is 5.97 Å². The molecule has 1 unspecified atom stereocenters. The zero-order chi connectivity index (χ0) is 13.0. The number of carbonyl (C=O) groups is 2. The molecule has 0 aliphatic rings. The van der Waals surface area contributed by atoms with Crippen molar-refractivity contribution in [3.63, 3.8) is 0 Å². The number of carbonyl (C=O) groups excluding carboxylic acids is 1. The number of thiophene rings is 1. The smallest absolute Gasteiger partial charge is 0.327 e. The van der Waals surface area contributed by atoms with Crippen molar-refractivity contribution in [3.05, 3.63) is 19.2 Å². The first kappa shape index (κ1) is 14.2. The maximum Gasteiger partial charge on any atom is 0.327 e. The molecule has 4 nitrogen and oxygen atoms in total. The Morgan fingerprint density at radius 2 is 2.24 bits per heavy atom. The van der Waals surface area contributed by atoms with Crippen molar-refractivity contribution >= 4 is 55.1 Å². The van der Waals surface area contributed by atoms with Crippen molar-refractivity contribution < 1.29 is 14.7 Å². The largest absolute Gasteiger partial charge is 0.480 e. The summed E-state index contributed by atoms with van der Waals surface area (Å²) in [5.74, 6) is 0.610. The zero-order valence-electron chi connectivity index (χ0n) is 8.37. The van der Waals surface area contributed by atoms with Crippen molar-refractivity contribution in [2.75, 3.05) is 0 Å². The second-order valence-corrected chi connectivity index (χ2v) is 6.23. The Balaban J connectivity index is 2.77. The standard InChI is InChI=1S/C10H7Br2NO3S/c1-2-3-6(10(15)16)13-9(14)7-4-5(11)8(12)17-7/h1,4,6H,3H2,(H,13,14)(H,15,16). The van der Waals surface area contributed by atoms with Gasteiger partial charge in [-0.1, -0.05) is 0 Å². The van der Waals surface area contributed by atoms with Crippen LogP contribution in [0.3, 0.4) is 0 Å². The monoisotopic (exact) mass is 379 g/mol. The first-order valence-corrected chi connectivity index (χ1v) is 6.78. The number of hydrogen-bond acceptors (Lipinski definition) is 3. The van der Waals surface area contributed by atoms with Gasteiger partial charge < -0.3 is 10.4 Å². The number of aliphatic carboxylic acids is 1. The average molecular weight is 381 g/mol. The SMILES string of the molecule is C#CCC(NC(=O)c1cc(Br)c(Br)s1)C(=O)O. The lowest BCUT2D eigenvalue weighted by Gasteiger charge is -2.10. The first-order chi connectivity index (χ1) is 7.95. The Kier molecular flexibility index (Phi) is 5.18. The maximum absolute atomic E-state index is 11.7. The fourth-order valence-electron chi connectivity index (χ4n) is 1.01. The molecule has 1 heterocycles. The summed E-state index contributed by atoms with van der Waals surface area (Å²) in [5.41, 5.74) is 0. The molecule has 0 aliphatic carbocycles. The third-order valence-electron chi connectivity index (χ3n) is 1.79. The van der Waals surface area contributed by atoms with E-state index in [1.165, 1.54) is 11.3 Å². The molecule has 0 aliphatic heterocycles. The van der Waals surface area contributed by atoms with Crippen LogP contribution in [0.15, 0.2) is 14.3 Å². The Bertz CT molecular complexity index is 473. The van der Waals surface area contributed by atoms with Crippen LogP contribution in [0.25, 0.3) is 0 Å². The summed E-state index contributed by atoms with van der Waals surface area (Å²) >= 11 is 7.71. The molecule has 0 saturated heterocycles. The molecule has 17 heavy (non-hydrogen) atoms. The molecule has 2 N–H and O–H groups in total. The van der Waals surface area contributed by atoms with E-state index in [4.69, 9.17) is 11.5 Å². The zero-order valence-corrected chi connectivity index (χ0v) is 12.4. The van der Waals surface area contributed by atoms with Crippen molar-refractivity contribution in [2.24, 2.45) is 0 Å². The van der Waals surface area contributed by atoms with Gasteiger partial charge in [0.2, 0.25) is 0 Å². The molecule has 0 bridgehead atoms. The van der Waals surface area contributed by atoms with Crippen molar-refractivity contribution in [2.45, 2.75) is 12.5 Å². The molecule has 0 saturated carbocycles.